The summed E-state index contributed by atoms with van der Waals surface area (Å²) in [5.74, 6) is -0.262. The molecule has 1 spiro atoms. The van der Waals surface area contributed by atoms with Gasteiger partial charge in [-0.25, -0.2) is 12.7 Å². The maximum atomic E-state index is 13.0. The fourth-order valence-corrected chi connectivity index (χ4v) is 6.20. The molecule has 2 amide bonds. The summed E-state index contributed by atoms with van der Waals surface area (Å²) < 4.78 is 25.5. The molecule has 28 heavy (non-hydrogen) atoms. The summed E-state index contributed by atoms with van der Waals surface area (Å²) >= 11 is 0. The van der Waals surface area contributed by atoms with Crippen molar-refractivity contribution in [2.75, 3.05) is 39.0 Å². The number of fused-ring (bicyclic) bond motifs is 2. The van der Waals surface area contributed by atoms with Gasteiger partial charge in [0.1, 0.15) is 0 Å². The van der Waals surface area contributed by atoms with Crippen LogP contribution in [0.4, 0.5) is 0 Å². The van der Waals surface area contributed by atoms with Crippen LogP contribution in [-0.2, 0) is 14.8 Å². The molecule has 1 aromatic rings. The Morgan fingerprint density at radius 1 is 1.29 bits per heavy atom. The molecule has 2 atom stereocenters. The SMILES string of the molecule is CCN1C(=O)[C@@H]2CN(S(C)(=O)=O)C[C@@H]2C12CCN(C(=O)c1cccnc1)CC2. The van der Waals surface area contributed by atoms with Crippen LogP contribution in [0.2, 0.25) is 0 Å². The minimum Gasteiger partial charge on any atom is -0.338 e. The van der Waals surface area contributed by atoms with E-state index >= 15 is 0 Å². The Hall–Kier alpha value is -2.00. The summed E-state index contributed by atoms with van der Waals surface area (Å²) in [6.45, 7) is 4.36. The van der Waals surface area contributed by atoms with Crippen LogP contribution in [0.25, 0.3) is 0 Å². The molecule has 0 N–H and O–H groups in total. The second-order valence-electron chi connectivity index (χ2n) is 8.01. The highest BCUT2D eigenvalue weighted by Crippen LogP contribution is 2.50. The molecule has 1 aromatic heterocycles. The molecule has 0 radical (unpaired) electrons. The fraction of sp³-hybridized carbons (Fsp3) is 0.632. The van der Waals surface area contributed by atoms with Gasteiger partial charge in [-0.2, -0.15) is 0 Å². The van der Waals surface area contributed by atoms with Gasteiger partial charge in [0.05, 0.1) is 23.3 Å². The Kier molecular flexibility index (Phi) is 4.70. The van der Waals surface area contributed by atoms with Gasteiger partial charge < -0.3 is 9.80 Å². The van der Waals surface area contributed by atoms with E-state index in [1.807, 2.05) is 16.7 Å². The summed E-state index contributed by atoms with van der Waals surface area (Å²) in [6.07, 6.45) is 5.77. The molecule has 3 fully saturated rings. The Morgan fingerprint density at radius 2 is 2.00 bits per heavy atom. The molecule has 0 aliphatic carbocycles. The van der Waals surface area contributed by atoms with E-state index in [1.54, 1.807) is 24.5 Å². The largest absolute Gasteiger partial charge is 0.338 e. The van der Waals surface area contributed by atoms with Crippen molar-refractivity contribution in [3.8, 4) is 0 Å². The molecule has 3 saturated heterocycles. The van der Waals surface area contributed by atoms with E-state index in [9.17, 15) is 18.0 Å². The van der Waals surface area contributed by atoms with E-state index < -0.39 is 10.0 Å². The number of amides is 2. The quantitative estimate of drug-likeness (QED) is 0.726. The summed E-state index contributed by atoms with van der Waals surface area (Å²) in [5.41, 5.74) is 0.206. The second kappa shape index (κ2) is 6.81. The number of hydrogen-bond acceptors (Lipinski definition) is 5. The number of carbonyl (C=O) groups is 2. The highest BCUT2D eigenvalue weighted by Gasteiger charge is 2.62. The number of carbonyl (C=O) groups excluding carboxylic acids is 2. The number of likely N-dealkylation sites (tertiary alicyclic amines) is 2. The minimum atomic E-state index is -3.32. The predicted octanol–water partition coefficient (Wildman–Crippen LogP) is 0.426. The molecule has 8 nitrogen and oxygen atoms in total. The lowest BCUT2D eigenvalue weighted by atomic mass is 9.75. The van der Waals surface area contributed by atoms with Crippen LogP contribution >= 0.6 is 0 Å². The van der Waals surface area contributed by atoms with E-state index in [0.29, 0.717) is 44.6 Å². The van der Waals surface area contributed by atoms with Crippen molar-refractivity contribution in [2.45, 2.75) is 25.3 Å². The molecule has 3 aliphatic rings. The third-order valence-electron chi connectivity index (χ3n) is 6.71. The molecular weight excluding hydrogens is 380 g/mol. The van der Waals surface area contributed by atoms with Crippen molar-refractivity contribution in [3.05, 3.63) is 30.1 Å². The van der Waals surface area contributed by atoms with E-state index in [2.05, 4.69) is 4.98 Å². The number of rotatable bonds is 3. The lowest BCUT2D eigenvalue weighted by Gasteiger charge is -2.47. The average molecular weight is 407 g/mol. The van der Waals surface area contributed by atoms with Crippen molar-refractivity contribution in [1.29, 1.82) is 0 Å². The summed E-state index contributed by atoms with van der Waals surface area (Å²) in [6, 6.07) is 3.50. The first-order chi connectivity index (χ1) is 13.3. The third kappa shape index (κ3) is 2.91. The van der Waals surface area contributed by atoms with Crippen molar-refractivity contribution in [2.24, 2.45) is 11.8 Å². The molecule has 0 unspecified atom stereocenters. The van der Waals surface area contributed by atoms with Crippen LogP contribution in [0.3, 0.4) is 0 Å². The van der Waals surface area contributed by atoms with E-state index in [4.69, 9.17) is 0 Å². The van der Waals surface area contributed by atoms with Gasteiger partial charge in [-0.15, -0.1) is 0 Å². The van der Waals surface area contributed by atoms with E-state index in [-0.39, 0.29) is 35.7 Å². The zero-order chi connectivity index (χ0) is 20.1. The van der Waals surface area contributed by atoms with Crippen LogP contribution in [0.5, 0.6) is 0 Å². The topological polar surface area (TPSA) is 90.9 Å². The highest BCUT2D eigenvalue weighted by atomic mass is 32.2. The molecule has 0 aromatic carbocycles. The number of piperidine rings is 1. The number of sulfonamides is 1. The second-order valence-corrected chi connectivity index (χ2v) is 10.00. The maximum absolute atomic E-state index is 13.0. The van der Waals surface area contributed by atoms with Gasteiger partial charge in [-0.3, -0.25) is 14.6 Å². The molecular formula is C19H26N4O4S. The first-order valence-electron chi connectivity index (χ1n) is 9.74. The summed E-state index contributed by atoms with van der Waals surface area (Å²) in [5, 5.41) is 0. The maximum Gasteiger partial charge on any atom is 0.255 e. The lowest BCUT2D eigenvalue weighted by Crippen LogP contribution is -2.58. The monoisotopic (exact) mass is 406 g/mol. The van der Waals surface area contributed by atoms with Gasteiger partial charge in [0.15, 0.2) is 0 Å². The first-order valence-corrected chi connectivity index (χ1v) is 11.6. The highest BCUT2D eigenvalue weighted by molar-refractivity contribution is 7.88. The summed E-state index contributed by atoms with van der Waals surface area (Å²) in [4.78, 5) is 33.6. The standard InChI is InChI=1S/C19H26N4O4S/c1-3-23-18(25)15-12-22(28(2,26)27)13-16(15)19(23)6-9-21(10-7-19)17(24)14-5-4-8-20-11-14/h4-5,8,11,15-16H,3,6-7,9-10,12-13H2,1-2H3/t15-,16+/m1/s1. The molecule has 0 bridgehead atoms. The average Bonchev–Trinajstić information content (AvgIpc) is 3.22. The van der Waals surface area contributed by atoms with Crippen molar-refractivity contribution >= 4 is 21.8 Å². The Morgan fingerprint density at radius 3 is 2.57 bits per heavy atom. The minimum absolute atomic E-state index is 0.00896. The van der Waals surface area contributed by atoms with Gasteiger partial charge in [-0.1, -0.05) is 0 Å². The van der Waals surface area contributed by atoms with E-state index in [0.717, 1.165) is 0 Å². The van der Waals surface area contributed by atoms with Crippen LogP contribution in [0.15, 0.2) is 24.5 Å². The predicted molar refractivity (Wildman–Crippen MR) is 103 cm³/mol. The fourth-order valence-electron chi connectivity index (χ4n) is 5.33. The van der Waals surface area contributed by atoms with Crippen LogP contribution in [0.1, 0.15) is 30.1 Å². The van der Waals surface area contributed by atoms with Crippen LogP contribution in [-0.4, -0.2) is 83.8 Å². The zero-order valence-corrected chi connectivity index (χ0v) is 17.1. The summed E-state index contributed by atoms with van der Waals surface area (Å²) in [7, 11) is -3.32. The molecule has 9 heteroatoms. The Balaban J connectivity index is 1.55. The smallest absolute Gasteiger partial charge is 0.255 e. The van der Waals surface area contributed by atoms with Gasteiger partial charge in [-0.05, 0) is 31.9 Å². The molecule has 152 valence electrons. The Bertz CT molecular complexity index is 880. The lowest BCUT2D eigenvalue weighted by molar-refractivity contribution is -0.134. The van der Waals surface area contributed by atoms with Crippen molar-refractivity contribution in [1.82, 2.24) is 19.1 Å². The normalized spacial score (nSPS) is 27.4. The number of nitrogens with zero attached hydrogens (tertiary/aromatic N) is 4. The van der Waals surface area contributed by atoms with Gasteiger partial charge in [0, 0.05) is 51.0 Å². The number of aromatic nitrogens is 1. The van der Waals surface area contributed by atoms with Crippen LogP contribution in [0, 0.1) is 11.8 Å². The third-order valence-corrected chi connectivity index (χ3v) is 7.94. The van der Waals surface area contributed by atoms with Gasteiger partial charge in [0.2, 0.25) is 15.9 Å². The van der Waals surface area contributed by atoms with Crippen molar-refractivity contribution < 1.29 is 18.0 Å². The molecule has 4 heterocycles. The van der Waals surface area contributed by atoms with Crippen LogP contribution < -0.4 is 0 Å². The van der Waals surface area contributed by atoms with Crippen molar-refractivity contribution in [3.63, 3.8) is 0 Å². The Labute approximate surface area is 165 Å². The molecule has 0 saturated carbocycles. The van der Waals surface area contributed by atoms with Gasteiger partial charge >= 0.3 is 0 Å². The molecule has 4 rings (SSSR count). The van der Waals surface area contributed by atoms with Gasteiger partial charge in [0.25, 0.3) is 5.91 Å². The number of hydrogen-bond donors (Lipinski definition) is 0. The number of pyridine rings is 1. The first kappa shape index (κ1) is 19.3. The molecule has 3 aliphatic heterocycles. The zero-order valence-electron chi connectivity index (χ0n) is 16.2. The van der Waals surface area contributed by atoms with E-state index in [1.165, 1.54) is 10.6 Å².